The fourth-order valence-electron chi connectivity index (χ4n) is 2.02. The van der Waals surface area contributed by atoms with Gasteiger partial charge in [-0.3, -0.25) is 0 Å². The largest absolute Gasteiger partial charge is 0.416 e. The summed E-state index contributed by atoms with van der Waals surface area (Å²) >= 11 is 0. The molecule has 0 saturated carbocycles. The van der Waals surface area contributed by atoms with Crippen molar-refractivity contribution in [2.24, 2.45) is 5.92 Å². The molecule has 0 fully saturated rings. The Labute approximate surface area is 136 Å². The van der Waals surface area contributed by atoms with E-state index in [2.05, 4.69) is 0 Å². The van der Waals surface area contributed by atoms with Gasteiger partial charge in [-0.2, -0.15) is 30.6 Å². The molecule has 0 atom stereocenters. The monoisotopic (exact) mass is 377 g/mol. The summed E-state index contributed by atoms with van der Waals surface area (Å²) in [7, 11) is -4.42. The molecule has 0 heterocycles. The van der Waals surface area contributed by atoms with E-state index in [-0.39, 0.29) is 22.3 Å². The Kier molecular flexibility index (Phi) is 6.31. The first kappa shape index (κ1) is 20.8. The molecule has 1 aromatic rings. The molecule has 1 rings (SSSR count). The van der Waals surface area contributed by atoms with Gasteiger partial charge in [0.05, 0.1) is 11.3 Å². The minimum Gasteiger partial charge on any atom is -0.212 e. The van der Waals surface area contributed by atoms with Crippen LogP contribution in [0.2, 0.25) is 0 Å². The molecule has 0 aliphatic heterocycles. The third kappa shape index (κ3) is 6.68. The molecule has 0 bridgehead atoms. The van der Waals surface area contributed by atoms with Crippen LogP contribution < -0.4 is 0 Å². The highest BCUT2D eigenvalue weighted by Crippen LogP contribution is 2.30. The van der Waals surface area contributed by atoms with Crippen molar-refractivity contribution in [1.82, 2.24) is 4.31 Å². The van der Waals surface area contributed by atoms with Crippen molar-refractivity contribution in [2.75, 3.05) is 13.1 Å². The van der Waals surface area contributed by atoms with Crippen molar-refractivity contribution in [3.63, 3.8) is 0 Å². The van der Waals surface area contributed by atoms with E-state index in [0.717, 1.165) is 18.2 Å². The molecule has 0 unspecified atom stereocenters. The van der Waals surface area contributed by atoms with Crippen molar-refractivity contribution in [3.05, 3.63) is 35.4 Å². The molecule has 138 valence electrons. The normalized spacial score (nSPS) is 13.8. The topological polar surface area (TPSA) is 37.4 Å². The lowest BCUT2D eigenvalue weighted by Crippen LogP contribution is -2.41. The van der Waals surface area contributed by atoms with E-state index in [1.165, 1.54) is 0 Å². The second kappa shape index (κ2) is 7.30. The number of hydrogen-bond donors (Lipinski definition) is 0. The number of rotatable bonds is 6. The Morgan fingerprint density at radius 2 is 1.67 bits per heavy atom. The molecule has 0 radical (unpaired) electrons. The second-order valence-corrected chi connectivity index (χ2v) is 7.72. The maximum Gasteiger partial charge on any atom is 0.416 e. The highest BCUT2D eigenvalue weighted by molar-refractivity contribution is 7.88. The first-order valence-electron chi connectivity index (χ1n) is 6.91. The van der Waals surface area contributed by atoms with E-state index in [9.17, 15) is 34.8 Å². The van der Waals surface area contributed by atoms with Crippen molar-refractivity contribution >= 4 is 10.0 Å². The van der Waals surface area contributed by atoms with Crippen molar-refractivity contribution in [2.45, 2.75) is 32.0 Å². The van der Waals surface area contributed by atoms with Gasteiger partial charge in [0, 0.05) is 6.54 Å². The first-order valence-corrected chi connectivity index (χ1v) is 8.52. The van der Waals surface area contributed by atoms with E-state index >= 15 is 0 Å². The van der Waals surface area contributed by atoms with Crippen LogP contribution in [0.25, 0.3) is 0 Å². The van der Waals surface area contributed by atoms with Gasteiger partial charge in [-0.25, -0.2) is 8.42 Å². The average Bonchev–Trinajstić information content (AvgIpc) is 2.34. The molecule has 0 spiro atoms. The molecule has 0 N–H and O–H groups in total. The number of sulfonamides is 1. The van der Waals surface area contributed by atoms with Gasteiger partial charge in [0.15, 0.2) is 0 Å². The average molecular weight is 377 g/mol. The molecule has 24 heavy (non-hydrogen) atoms. The van der Waals surface area contributed by atoms with Gasteiger partial charge in [0.2, 0.25) is 10.0 Å². The predicted octanol–water partition coefficient (Wildman–Crippen LogP) is 4.06. The van der Waals surface area contributed by atoms with Gasteiger partial charge >= 0.3 is 12.4 Å². The summed E-state index contributed by atoms with van der Waals surface area (Å²) in [6.07, 6.45) is -9.40. The lowest BCUT2D eigenvalue weighted by atomic mass is 10.1. The lowest BCUT2D eigenvalue weighted by molar-refractivity contribution is -0.138. The summed E-state index contributed by atoms with van der Waals surface area (Å²) in [4.78, 5) is 0. The quantitative estimate of drug-likeness (QED) is 0.702. The van der Waals surface area contributed by atoms with Gasteiger partial charge in [-0.05, 0) is 17.5 Å². The molecule has 0 amide bonds. The molecule has 3 nitrogen and oxygen atoms in total. The maximum atomic E-state index is 12.6. The minimum atomic E-state index is -4.74. The van der Waals surface area contributed by atoms with Gasteiger partial charge in [0.25, 0.3) is 0 Å². The van der Waals surface area contributed by atoms with E-state index in [1.54, 1.807) is 13.8 Å². The zero-order chi connectivity index (χ0) is 18.8. The molecule has 10 heteroatoms. The third-order valence-corrected chi connectivity index (χ3v) is 4.68. The van der Waals surface area contributed by atoms with E-state index in [0.29, 0.717) is 6.07 Å². The van der Waals surface area contributed by atoms with Crippen LogP contribution in [-0.2, 0) is 22.0 Å². The van der Waals surface area contributed by atoms with Crippen LogP contribution in [0.1, 0.15) is 25.0 Å². The zero-order valence-corrected chi connectivity index (χ0v) is 13.8. The zero-order valence-electron chi connectivity index (χ0n) is 12.9. The number of halogens is 6. The Hall–Kier alpha value is -1.29. The van der Waals surface area contributed by atoms with Crippen LogP contribution in [-0.4, -0.2) is 32.0 Å². The Morgan fingerprint density at radius 1 is 1.08 bits per heavy atom. The maximum absolute atomic E-state index is 12.6. The van der Waals surface area contributed by atoms with Crippen molar-refractivity contribution in [1.29, 1.82) is 0 Å². The summed E-state index contributed by atoms with van der Waals surface area (Å²) in [6, 6.07) is 3.54. The third-order valence-electron chi connectivity index (χ3n) is 2.92. The first-order chi connectivity index (χ1) is 10.7. The molecular weight excluding hydrogens is 360 g/mol. The van der Waals surface area contributed by atoms with Crippen LogP contribution in [0.15, 0.2) is 24.3 Å². The van der Waals surface area contributed by atoms with Crippen LogP contribution in [0.5, 0.6) is 0 Å². The number of alkyl halides is 6. The molecule has 0 saturated heterocycles. The SMILES string of the molecule is CC(C)CN(CC(F)(F)F)S(=O)(=O)Cc1cccc(C(F)(F)F)c1. The summed E-state index contributed by atoms with van der Waals surface area (Å²) in [5.41, 5.74) is -1.28. The summed E-state index contributed by atoms with van der Waals surface area (Å²) in [5.74, 6) is -1.30. The van der Waals surface area contributed by atoms with Crippen molar-refractivity contribution < 1.29 is 34.8 Å². The lowest BCUT2D eigenvalue weighted by Gasteiger charge is -2.25. The van der Waals surface area contributed by atoms with Crippen molar-refractivity contribution in [3.8, 4) is 0 Å². The molecule has 0 aliphatic rings. The second-order valence-electron chi connectivity index (χ2n) is 5.76. The smallest absolute Gasteiger partial charge is 0.212 e. The summed E-state index contributed by atoms with van der Waals surface area (Å²) in [6.45, 7) is 1.04. The Bertz CT molecular complexity index is 652. The Balaban J connectivity index is 3.08. The fourth-order valence-corrected chi connectivity index (χ4v) is 3.67. The predicted molar refractivity (Wildman–Crippen MR) is 76.5 cm³/mol. The summed E-state index contributed by atoms with van der Waals surface area (Å²) in [5, 5.41) is 0. The highest BCUT2D eigenvalue weighted by Gasteiger charge is 2.37. The molecular formula is C14H17F6NO2S. The standard InChI is InChI=1S/C14H17F6NO2S/c1-10(2)7-21(9-13(15,16)17)24(22,23)8-11-4-3-5-12(6-11)14(18,19)20/h3-6,10H,7-9H2,1-2H3. The Morgan fingerprint density at radius 3 is 2.12 bits per heavy atom. The molecule has 0 aromatic heterocycles. The minimum absolute atomic E-state index is 0.222. The summed E-state index contributed by atoms with van der Waals surface area (Å²) < 4.78 is 100. The van der Waals surface area contributed by atoms with Crippen LogP contribution in [0, 0.1) is 5.92 Å². The number of benzene rings is 1. The van der Waals surface area contributed by atoms with Gasteiger partial charge in [-0.15, -0.1) is 0 Å². The fraction of sp³-hybridized carbons (Fsp3) is 0.571. The van der Waals surface area contributed by atoms with Crippen LogP contribution in [0.4, 0.5) is 26.3 Å². The number of hydrogen-bond acceptors (Lipinski definition) is 2. The van der Waals surface area contributed by atoms with E-state index in [1.807, 2.05) is 0 Å². The van der Waals surface area contributed by atoms with Crippen LogP contribution in [0.3, 0.4) is 0 Å². The van der Waals surface area contributed by atoms with E-state index < -0.39 is 40.2 Å². The number of nitrogens with zero attached hydrogens (tertiary/aromatic N) is 1. The highest BCUT2D eigenvalue weighted by atomic mass is 32.2. The van der Waals surface area contributed by atoms with Gasteiger partial charge < -0.3 is 0 Å². The van der Waals surface area contributed by atoms with Gasteiger partial charge in [0.1, 0.15) is 6.54 Å². The van der Waals surface area contributed by atoms with E-state index in [4.69, 9.17) is 0 Å². The molecule has 1 aromatic carbocycles. The molecule has 0 aliphatic carbocycles. The van der Waals surface area contributed by atoms with Gasteiger partial charge in [-0.1, -0.05) is 32.0 Å². The van der Waals surface area contributed by atoms with Crippen LogP contribution >= 0.6 is 0 Å².